The van der Waals surface area contributed by atoms with Gasteiger partial charge in [-0.3, -0.25) is 4.90 Å². The van der Waals surface area contributed by atoms with Gasteiger partial charge < -0.3 is 10.2 Å². The third-order valence-corrected chi connectivity index (χ3v) is 4.94. The maximum atomic E-state index is 10.3. The average molecular weight is 325 g/mol. The summed E-state index contributed by atoms with van der Waals surface area (Å²) in [6.07, 6.45) is 1.52. The fourth-order valence-corrected chi connectivity index (χ4v) is 3.64. The van der Waals surface area contributed by atoms with Crippen LogP contribution in [-0.2, 0) is 13.1 Å². The molecule has 0 saturated heterocycles. The second-order valence-electron chi connectivity index (χ2n) is 6.89. The van der Waals surface area contributed by atoms with Crippen LogP contribution in [0.25, 0.3) is 0 Å². The Balaban J connectivity index is 1.71. The van der Waals surface area contributed by atoms with Gasteiger partial charge >= 0.3 is 0 Å². The van der Waals surface area contributed by atoms with Crippen LogP contribution in [0.5, 0.6) is 0 Å². The predicted octanol–water partition coefficient (Wildman–Crippen LogP) is 3.21. The molecule has 0 amide bonds. The molecule has 128 valence electrons. The molecule has 1 fully saturated rings. The van der Waals surface area contributed by atoms with Crippen molar-refractivity contribution in [2.24, 2.45) is 5.92 Å². The molecule has 0 aliphatic heterocycles. The van der Waals surface area contributed by atoms with E-state index in [1.54, 1.807) is 0 Å². The molecule has 1 aliphatic carbocycles. The van der Waals surface area contributed by atoms with Gasteiger partial charge in [0.15, 0.2) is 0 Å². The number of benzene rings is 2. The maximum absolute atomic E-state index is 10.3. The summed E-state index contributed by atoms with van der Waals surface area (Å²) >= 11 is 0. The van der Waals surface area contributed by atoms with Gasteiger partial charge in [-0.05, 0) is 24.0 Å². The average Bonchev–Trinajstić information content (AvgIpc) is 2.61. The van der Waals surface area contributed by atoms with Gasteiger partial charge in [-0.1, -0.05) is 67.1 Å². The molecule has 2 aromatic carbocycles. The van der Waals surface area contributed by atoms with E-state index >= 15 is 0 Å². The molecule has 0 unspecified atom stereocenters. The fourth-order valence-electron chi connectivity index (χ4n) is 3.64. The first-order valence-corrected chi connectivity index (χ1v) is 8.88. The van der Waals surface area contributed by atoms with Gasteiger partial charge in [-0.15, -0.1) is 0 Å². The van der Waals surface area contributed by atoms with Crippen molar-refractivity contribution in [2.75, 3.05) is 6.54 Å². The topological polar surface area (TPSA) is 43.7 Å². The molecule has 2 aromatic rings. The summed E-state index contributed by atoms with van der Waals surface area (Å²) in [7, 11) is 0. The first kappa shape index (κ1) is 17.2. The number of hydrogen-bond acceptors (Lipinski definition) is 3. The summed E-state index contributed by atoms with van der Waals surface area (Å²) in [5.41, 5.74) is 2.55. The lowest BCUT2D eigenvalue weighted by Crippen LogP contribution is -2.43. The molecular weight excluding hydrogens is 298 g/mol. The largest absolute Gasteiger partial charge is 0.390 e. The van der Waals surface area contributed by atoms with E-state index in [1.165, 1.54) is 11.1 Å². The second kappa shape index (κ2) is 8.43. The van der Waals surface area contributed by atoms with Crippen molar-refractivity contribution in [3.8, 4) is 0 Å². The van der Waals surface area contributed by atoms with Crippen LogP contribution in [0.2, 0.25) is 0 Å². The summed E-state index contributed by atoms with van der Waals surface area (Å²) in [4.78, 5) is 2.39. The molecule has 2 N–H and O–H groups in total. The normalized spacial score (nSPS) is 24.2. The first-order chi connectivity index (χ1) is 11.7. The summed E-state index contributed by atoms with van der Waals surface area (Å²) in [6.45, 7) is 2.52. The standard InChI is InChI=1S/C21H27NO2/c23-20-13-7-12-19(21(20)24)16-22(14-17-8-3-1-4-9-17)15-18-10-5-2-6-11-18/h1-6,8-11,19-21,23-24H,7,12-16H2/t19-,20-,21+/m0/s1. The van der Waals surface area contributed by atoms with Crippen LogP contribution in [0.3, 0.4) is 0 Å². The molecule has 3 rings (SSSR count). The third kappa shape index (κ3) is 4.67. The first-order valence-electron chi connectivity index (χ1n) is 8.88. The minimum Gasteiger partial charge on any atom is -0.390 e. The second-order valence-corrected chi connectivity index (χ2v) is 6.89. The zero-order valence-electron chi connectivity index (χ0n) is 14.1. The smallest absolute Gasteiger partial charge is 0.0839 e. The van der Waals surface area contributed by atoms with Crippen LogP contribution in [0.4, 0.5) is 0 Å². The number of nitrogens with zero attached hydrogens (tertiary/aromatic N) is 1. The lowest BCUT2D eigenvalue weighted by atomic mass is 9.84. The molecule has 3 heteroatoms. The molecule has 1 saturated carbocycles. The van der Waals surface area contributed by atoms with Gasteiger partial charge in [0.25, 0.3) is 0 Å². The van der Waals surface area contributed by atoms with Gasteiger partial charge in [-0.25, -0.2) is 0 Å². The lowest BCUT2D eigenvalue weighted by Gasteiger charge is -2.35. The number of rotatable bonds is 6. The monoisotopic (exact) mass is 325 g/mol. The van der Waals surface area contributed by atoms with Crippen molar-refractivity contribution in [1.82, 2.24) is 4.90 Å². The Morgan fingerprint density at radius 1 is 0.792 bits per heavy atom. The van der Waals surface area contributed by atoms with Crippen molar-refractivity contribution in [2.45, 2.75) is 44.6 Å². The fraction of sp³-hybridized carbons (Fsp3) is 0.429. The SMILES string of the molecule is O[C@@H]1[C@H](CN(Cc2ccccc2)Cc2ccccc2)CCC[C@@H]1O. The van der Waals surface area contributed by atoms with E-state index in [-0.39, 0.29) is 5.92 Å². The summed E-state index contributed by atoms with van der Waals surface area (Å²) < 4.78 is 0. The van der Waals surface area contributed by atoms with Crippen LogP contribution < -0.4 is 0 Å². The molecule has 0 bridgehead atoms. The molecule has 3 nitrogen and oxygen atoms in total. The number of aliphatic hydroxyl groups excluding tert-OH is 2. The van der Waals surface area contributed by atoms with Crippen LogP contribution in [0, 0.1) is 5.92 Å². The Morgan fingerprint density at radius 3 is 1.88 bits per heavy atom. The summed E-state index contributed by atoms with van der Waals surface area (Å²) in [5.74, 6) is 0.140. The van der Waals surface area contributed by atoms with Gasteiger partial charge in [0.2, 0.25) is 0 Å². The van der Waals surface area contributed by atoms with E-state index in [1.807, 2.05) is 12.1 Å². The van der Waals surface area contributed by atoms with E-state index in [4.69, 9.17) is 0 Å². The molecule has 1 aliphatic rings. The highest BCUT2D eigenvalue weighted by atomic mass is 16.3. The van der Waals surface area contributed by atoms with Gasteiger partial charge in [0, 0.05) is 25.6 Å². The molecule has 0 aromatic heterocycles. The molecule has 0 spiro atoms. The molecular formula is C21H27NO2. The van der Waals surface area contributed by atoms with Crippen LogP contribution in [-0.4, -0.2) is 33.9 Å². The van der Waals surface area contributed by atoms with E-state index in [2.05, 4.69) is 53.4 Å². The van der Waals surface area contributed by atoms with Gasteiger partial charge in [-0.2, -0.15) is 0 Å². The summed E-state index contributed by atoms with van der Waals surface area (Å²) in [6, 6.07) is 20.9. The highest BCUT2D eigenvalue weighted by Gasteiger charge is 2.31. The minimum atomic E-state index is -0.604. The quantitative estimate of drug-likeness (QED) is 0.857. The minimum absolute atomic E-state index is 0.140. The Kier molecular flexibility index (Phi) is 6.02. The maximum Gasteiger partial charge on any atom is 0.0839 e. The highest BCUT2D eigenvalue weighted by Crippen LogP contribution is 2.26. The highest BCUT2D eigenvalue weighted by molar-refractivity contribution is 5.17. The molecule has 0 radical (unpaired) electrons. The Bertz CT molecular complexity index is 560. The molecule has 3 atom stereocenters. The third-order valence-electron chi connectivity index (χ3n) is 4.94. The van der Waals surface area contributed by atoms with Crippen LogP contribution >= 0.6 is 0 Å². The van der Waals surface area contributed by atoms with Crippen molar-refractivity contribution >= 4 is 0 Å². The van der Waals surface area contributed by atoms with Crippen LogP contribution in [0.1, 0.15) is 30.4 Å². The Labute approximate surface area is 144 Å². The van der Waals surface area contributed by atoms with Crippen molar-refractivity contribution in [3.05, 3.63) is 71.8 Å². The summed E-state index contributed by atoms with van der Waals surface area (Å²) in [5, 5.41) is 20.3. The van der Waals surface area contributed by atoms with Crippen molar-refractivity contribution < 1.29 is 10.2 Å². The van der Waals surface area contributed by atoms with E-state index in [0.29, 0.717) is 0 Å². The van der Waals surface area contributed by atoms with Gasteiger partial charge in [0.1, 0.15) is 0 Å². The lowest BCUT2D eigenvalue weighted by molar-refractivity contribution is -0.0542. The zero-order valence-corrected chi connectivity index (χ0v) is 14.1. The predicted molar refractivity (Wildman–Crippen MR) is 96.4 cm³/mol. The van der Waals surface area contributed by atoms with E-state index in [9.17, 15) is 10.2 Å². The Morgan fingerprint density at radius 2 is 1.33 bits per heavy atom. The Hall–Kier alpha value is -1.68. The van der Waals surface area contributed by atoms with Crippen molar-refractivity contribution in [1.29, 1.82) is 0 Å². The number of aliphatic hydroxyl groups is 2. The van der Waals surface area contributed by atoms with Gasteiger partial charge in [0.05, 0.1) is 12.2 Å². The molecule has 0 heterocycles. The van der Waals surface area contributed by atoms with E-state index < -0.39 is 12.2 Å². The van der Waals surface area contributed by atoms with Crippen LogP contribution in [0.15, 0.2) is 60.7 Å². The molecule has 24 heavy (non-hydrogen) atoms. The zero-order chi connectivity index (χ0) is 16.8. The van der Waals surface area contributed by atoms with Crippen molar-refractivity contribution in [3.63, 3.8) is 0 Å². The number of hydrogen-bond donors (Lipinski definition) is 2. The van der Waals surface area contributed by atoms with E-state index in [0.717, 1.165) is 38.9 Å².